The molecule has 2 heterocycles. The van der Waals surface area contributed by atoms with Crippen molar-refractivity contribution in [2.24, 2.45) is 0 Å². The molecule has 1 unspecified atom stereocenters. The second-order valence-electron chi connectivity index (χ2n) is 4.37. The summed E-state index contributed by atoms with van der Waals surface area (Å²) >= 11 is 3.71. The minimum absolute atomic E-state index is 0.599. The molecule has 1 aromatic rings. The molecule has 1 fully saturated rings. The van der Waals surface area contributed by atoms with Crippen molar-refractivity contribution in [1.82, 2.24) is 4.90 Å². The molecule has 1 aliphatic heterocycles. The van der Waals surface area contributed by atoms with Crippen LogP contribution in [-0.2, 0) is 11.3 Å². The van der Waals surface area contributed by atoms with Crippen LogP contribution in [-0.4, -0.2) is 40.1 Å². The summed E-state index contributed by atoms with van der Waals surface area (Å²) in [6.07, 6.45) is 2.90. The third-order valence-electron chi connectivity index (χ3n) is 3.04. The van der Waals surface area contributed by atoms with E-state index in [0.29, 0.717) is 6.04 Å². The smallest absolute Gasteiger partial charge is 0.328 e. The number of hydrogen-bond acceptors (Lipinski definition) is 4. The van der Waals surface area contributed by atoms with E-state index in [9.17, 15) is 4.79 Å². The molecule has 18 heavy (non-hydrogen) atoms. The van der Waals surface area contributed by atoms with Crippen LogP contribution in [0, 0.1) is 0 Å². The first-order chi connectivity index (χ1) is 8.66. The van der Waals surface area contributed by atoms with Crippen LogP contribution in [0.25, 0.3) is 6.08 Å². The van der Waals surface area contributed by atoms with Crippen molar-refractivity contribution in [3.8, 4) is 0 Å². The van der Waals surface area contributed by atoms with Crippen molar-refractivity contribution >= 4 is 35.1 Å². The van der Waals surface area contributed by atoms with Gasteiger partial charge in [0.05, 0.1) is 0 Å². The van der Waals surface area contributed by atoms with Gasteiger partial charge < -0.3 is 5.11 Å². The number of thioether (sulfide) groups is 1. The lowest BCUT2D eigenvalue weighted by molar-refractivity contribution is -0.131. The maximum absolute atomic E-state index is 10.6. The zero-order valence-electron chi connectivity index (χ0n) is 10.3. The normalized spacial score (nSPS) is 21.5. The predicted octanol–water partition coefficient (Wildman–Crippen LogP) is 2.78. The Morgan fingerprint density at radius 3 is 3.22 bits per heavy atom. The van der Waals surface area contributed by atoms with E-state index < -0.39 is 5.97 Å². The largest absolute Gasteiger partial charge is 0.478 e. The van der Waals surface area contributed by atoms with Crippen LogP contribution in [0.3, 0.4) is 0 Å². The van der Waals surface area contributed by atoms with Gasteiger partial charge in [0.25, 0.3) is 0 Å². The van der Waals surface area contributed by atoms with Crippen LogP contribution in [0.15, 0.2) is 17.5 Å². The highest BCUT2D eigenvalue weighted by atomic mass is 32.2. The number of carbonyl (C=O) groups is 1. The number of rotatable bonds is 4. The first kappa shape index (κ1) is 13.6. The Bertz CT molecular complexity index is 442. The van der Waals surface area contributed by atoms with Crippen LogP contribution in [0.4, 0.5) is 0 Å². The van der Waals surface area contributed by atoms with Gasteiger partial charge in [0, 0.05) is 41.6 Å². The van der Waals surface area contributed by atoms with E-state index in [-0.39, 0.29) is 0 Å². The fraction of sp³-hybridized carbons (Fsp3) is 0.462. The molecule has 3 nitrogen and oxygen atoms in total. The number of hydrogen-bond donors (Lipinski definition) is 1. The fourth-order valence-corrected chi connectivity index (χ4v) is 3.94. The summed E-state index contributed by atoms with van der Waals surface area (Å²) in [5.74, 6) is 1.48. The first-order valence-electron chi connectivity index (χ1n) is 5.96. The van der Waals surface area contributed by atoms with Crippen molar-refractivity contribution in [2.45, 2.75) is 19.5 Å². The Morgan fingerprint density at radius 1 is 1.67 bits per heavy atom. The lowest BCUT2D eigenvalue weighted by atomic mass is 10.2. The van der Waals surface area contributed by atoms with Crippen LogP contribution in [0.2, 0.25) is 0 Å². The van der Waals surface area contributed by atoms with Crippen LogP contribution >= 0.6 is 23.1 Å². The molecule has 2 rings (SSSR count). The lowest BCUT2D eigenvalue weighted by Crippen LogP contribution is -2.39. The molecule has 0 aliphatic carbocycles. The van der Waals surface area contributed by atoms with Gasteiger partial charge in [-0.05, 0) is 30.0 Å². The van der Waals surface area contributed by atoms with E-state index in [2.05, 4.69) is 11.8 Å². The highest BCUT2D eigenvalue weighted by molar-refractivity contribution is 7.99. The first-order valence-corrected chi connectivity index (χ1v) is 7.99. The number of aliphatic carboxylic acids is 1. The van der Waals surface area contributed by atoms with Crippen molar-refractivity contribution in [3.05, 3.63) is 28.0 Å². The monoisotopic (exact) mass is 283 g/mol. The number of carboxylic acids is 1. The second-order valence-corrected chi connectivity index (χ2v) is 6.52. The minimum Gasteiger partial charge on any atom is -0.478 e. The quantitative estimate of drug-likeness (QED) is 0.863. The van der Waals surface area contributed by atoms with Gasteiger partial charge in [-0.25, -0.2) is 4.79 Å². The number of thiophene rings is 1. The third kappa shape index (κ3) is 3.60. The molecule has 0 bridgehead atoms. The molecule has 5 heteroatoms. The molecule has 0 amide bonds. The van der Waals surface area contributed by atoms with E-state index in [1.807, 2.05) is 23.2 Å². The van der Waals surface area contributed by atoms with Gasteiger partial charge in [-0.3, -0.25) is 4.90 Å². The molecule has 0 radical (unpaired) electrons. The molecule has 98 valence electrons. The molecule has 0 spiro atoms. The third-order valence-corrected chi connectivity index (χ3v) is 5.15. The average molecular weight is 283 g/mol. The summed E-state index contributed by atoms with van der Waals surface area (Å²) < 4.78 is 0. The van der Waals surface area contributed by atoms with Gasteiger partial charge in [-0.15, -0.1) is 11.3 Å². The van der Waals surface area contributed by atoms with Crippen LogP contribution in [0.1, 0.15) is 17.4 Å². The minimum atomic E-state index is -0.894. The lowest BCUT2D eigenvalue weighted by Gasteiger charge is -2.32. The molecular formula is C13H17NO2S2. The Labute approximate surface area is 115 Å². The maximum Gasteiger partial charge on any atom is 0.328 e. The predicted molar refractivity (Wildman–Crippen MR) is 78.2 cm³/mol. The van der Waals surface area contributed by atoms with Crippen LogP contribution in [0.5, 0.6) is 0 Å². The zero-order chi connectivity index (χ0) is 13.0. The van der Waals surface area contributed by atoms with Gasteiger partial charge in [0.15, 0.2) is 0 Å². The summed E-state index contributed by atoms with van der Waals surface area (Å²) in [6.45, 7) is 4.30. The van der Waals surface area contributed by atoms with Crippen molar-refractivity contribution in [3.63, 3.8) is 0 Å². The van der Waals surface area contributed by atoms with Gasteiger partial charge in [0.2, 0.25) is 0 Å². The van der Waals surface area contributed by atoms with Crippen molar-refractivity contribution < 1.29 is 9.90 Å². The number of nitrogens with zero attached hydrogens (tertiary/aromatic N) is 1. The Kier molecular flexibility index (Phi) is 4.86. The van der Waals surface area contributed by atoms with E-state index in [4.69, 9.17) is 5.11 Å². The highest BCUT2D eigenvalue weighted by Gasteiger charge is 2.19. The zero-order valence-corrected chi connectivity index (χ0v) is 12.0. The van der Waals surface area contributed by atoms with E-state index >= 15 is 0 Å². The topological polar surface area (TPSA) is 40.5 Å². The molecule has 0 aromatic carbocycles. The van der Waals surface area contributed by atoms with Gasteiger partial charge in [0.1, 0.15) is 0 Å². The second kappa shape index (κ2) is 6.41. The molecule has 0 saturated carbocycles. The van der Waals surface area contributed by atoms with E-state index in [1.165, 1.54) is 22.5 Å². The summed E-state index contributed by atoms with van der Waals surface area (Å²) in [6, 6.07) is 2.59. The Hall–Kier alpha value is -0.780. The molecule has 1 saturated heterocycles. The molecule has 1 aliphatic rings. The Balaban J connectivity index is 2.05. The van der Waals surface area contributed by atoms with E-state index in [1.54, 1.807) is 17.4 Å². The Morgan fingerprint density at radius 2 is 2.50 bits per heavy atom. The standard InChI is InChI=1S/C13H17NO2S2/c1-10-9-17-7-5-14(10)8-12-11(4-6-18-12)2-3-13(15)16/h2-4,6,10H,5,7-9H2,1H3,(H,15,16). The van der Waals surface area contributed by atoms with Gasteiger partial charge in [-0.2, -0.15) is 11.8 Å². The van der Waals surface area contributed by atoms with Gasteiger partial charge in [-0.1, -0.05) is 0 Å². The summed E-state index contributed by atoms with van der Waals surface area (Å²) in [5, 5.41) is 10.7. The molecular weight excluding hydrogens is 266 g/mol. The summed E-state index contributed by atoms with van der Waals surface area (Å²) in [7, 11) is 0. The van der Waals surface area contributed by atoms with Gasteiger partial charge >= 0.3 is 5.97 Å². The maximum atomic E-state index is 10.6. The summed E-state index contributed by atoms with van der Waals surface area (Å²) in [5.41, 5.74) is 1.04. The van der Waals surface area contributed by atoms with Crippen molar-refractivity contribution in [2.75, 3.05) is 18.1 Å². The average Bonchev–Trinajstić information content (AvgIpc) is 2.77. The van der Waals surface area contributed by atoms with Crippen LogP contribution < -0.4 is 0 Å². The summed E-state index contributed by atoms with van der Waals surface area (Å²) in [4.78, 5) is 14.3. The highest BCUT2D eigenvalue weighted by Crippen LogP contribution is 2.24. The number of carboxylic acid groups (broad SMARTS) is 1. The molecule has 1 N–H and O–H groups in total. The molecule has 1 aromatic heterocycles. The SMILES string of the molecule is CC1CSCCN1Cc1sccc1C=CC(=O)O. The fourth-order valence-electron chi connectivity index (χ4n) is 1.97. The molecule has 1 atom stereocenters. The van der Waals surface area contributed by atoms with E-state index in [0.717, 1.165) is 18.7 Å². The van der Waals surface area contributed by atoms with Crippen molar-refractivity contribution in [1.29, 1.82) is 0 Å².